The summed E-state index contributed by atoms with van der Waals surface area (Å²) in [5, 5.41) is 0. The molecule has 0 aromatic heterocycles. The van der Waals surface area contributed by atoms with E-state index in [2.05, 4.69) is 68.5 Å². The number of benzene rings is 2. The first-order valence-electron chi connectivity index (χ1n) is 14.7. The van der Waals surface area contributed by atoms with Gasteiger partial charge in [-0.1, -0.05) is 120 Å². The van der Waals surface area contributed by atoms with E-state index in [1.165, 1.54) is 113 Å². The van der Waals surface area contributed by atoms with Crippen LogP contribution in [-0.4, -0.2) is 0 Å². The summed E-state index contributed by atoms with van der Waals surface area (Å²) in [5.41, 5.74) is 7.27. The van der Waals surface area contributed by atoms with Crippen molar-refractivity contribution in [2.75, 3.05) is 0 Å². The van der Waals surface area contributed by atoms with Gasteiger partial charge in [-0.05, 0) is 90.5 Å². The molecule has 2 aliphatic carbocycles. The fourth-order valence-electron chi connectivity index (χ4n) is 6.35. The van der Waals surface area contributed by atoms with Gasteiger partial charge in [0.05, 0.1) is 0 Å². The van der Waals surface area contributed by atoms with E-state index in [0.717, 1.165) is 17.8 Å². The molecule has 0 aliphatic heterocycles. The predicted octanol–water partition coefficient (Wildman–Crippen LogP) is 11.0. The number of allylic oxidation sites excluding steroid dienone is 2. The SMILES string of the molecule is CCCCCCCCC1CC=C(c2ccc(-c3ccc(C4CCC(CC)CC4)cc3)cc2)CC1. The monoisotopic (exact) mass is 456 g/mol. The third kappa shape index (κ3) is 7.10. The molecule has 34 heavy (non-hydrogen) atoms. The zero-order valence-electron chi connectivity index (χ0n) is 22.0. The van der Waals surface area contributed by atoms with Crippen LogP contribution in [0.15, 0.2) is 54.6 Å². The first kappa shape index (κ1) is 25.3. The van der Waals surface area contributed by atoms with Crippen molar-refractivity contribution < 1.29 is 0 Å². The van der Waals surface area contributed by atoms with Crippen LogP contribution in [0.1, 0.15) is 127 Å². The van der Waals surface area contributed by atoms with Gasteiger partial charge in [-0.25, -0.2) is 0 Å². The fraction of sp³-hybridized carbons (Fsp3) is 0.588. The van der Waals surface area contributed by atoms with Gasteiger partial charge in [-0.3, -0.25) is 0 Å². The van der Waals surface area contributed by atoms with Gasteiger partial charge in [0.1, 0.15) is 0 Å². The summed E-state index contributed by atoms with van der Waals surface area (Å²) in [6.07, 6.45) is 23.4. The molecule has 0 heterocycles. The smallest absolute Gasteiger partial charge is 0.0162 e. The summed E-state index contributed by atoms with van der Waals surface area (Å²) in [7, 11) is 0. The van der Waals surface area contributed by atoms with E-state index < -0.39 is 0 Å². The van der Waals surface area contributed by atoms with Crippen molar-refractivity contribution in [3.63, 3.8) is 0 Å². The fourth-order valence-corrected chi connectivity index (χ4v) is 6.35. The third-order valence-electron chi connectivity index (χ3n) is 8.88. The van der Waals surface area contributed by atoms with Gasteiger partial charge in [-0.2, -0.15) is 0 Å². The van der Waals surface area contributed by atoms with Crippen LogP contribution >= 0.6 is 0 Å². The zero-order chi connectivity index (χ0) is 23.6. The standard InChI is InChI=1S/C34H48/c1-3-5-6-7-8-9-10-28-13-17-30(18-14-28)32-21-25-34(26-22-32)33-23-19-31(20-24-33)29-15-11-27(4-2)12-16-29/h17,19-29H,3-16,18H2,1-2H3. The average Bonchev–Trinajstić information content (AvgIpc) is 2.91. The van der Waals surface area contributed by atoms with Crippen LogP contribution in [-0.2, 0) is 0 Å². The van der Waals surface area contributed by atoms with E-state index in [1.54, 1.807) is 11.1 Å². The van der Waals surface area contributed by atoms with Gasteiger partial charge >= 0.3 is 0 Å². The molecule has 0 bridgehead atoms. The van der Waals surface area contributed by atoms with Crippen molar-refractivity contribution in [3.05, 3.63) is 65.7 Å². The summed E-state index contributed by atoms with van der Waals surface area (Å²) in [6.45, 7) is 4.65. The second-order valence-corrected chi connectivity index (χ2v) is 11.3. The van der Waals surface area contributed by atoms with Crippen molar-refractivity contribution in [1.82, 2.24) is 0 Å². The maximum Gasteiger partial charge on any atom is -0.0162 e. The summed E-state index contributed by atoms with van der Waals surface area (Å²) in [4.78, 5) is 0. The van der Waals surface area contributed by atoms with Crippen molar-refractivity contribution in [2.24, 2.45) is 11.8 Å². The Morgan fingerprint density at radius 1 is 0.618 bits per heavy atom. The molecule has 0 spiro atoms. The summed E-state index contributed by atoms with van der Waals surface area (Å²) in [6, 6.07) is 18.9. The average molecular weight is 457 g/mol. The zero-order valence-corrected chi connectivity index (χ0v) is 22.0. The highest BCUT2D eigenvalue weighted by Crippen LogP contribution is 2.38. The lowest BCUT2D eigenvalue weighted by Crippen LogP contribution is -2.12. The summed E-state index contributed by atoms with van der Waals surface area (Å²) >= 11 is 0. The van der Waals surface area contributed by atoms with E-state index in [9.17, 15) is 0 Å². The number of hydrogen-bond donors (Lipinski definition) is 0. The highest BCUT2D eigenvalue weighted by atomic mass is 14.3. The van der Waals surface area contributed by atoms with E-state index in [-0.39, 0.29) is 0 Å². The van der Waals surface area contributed by atoms with Crippen molar-refractivity contribution in [3.8, 4) is 11.1 Å². The Hall–Kier alpha value is -1.82. The Morgan fingerprint density at radius 2 is 1.24 bits per heavy atom. The van der Waals surface area contributed by atoms with Crippen LogP contribution in [0, 0.1) is 11.8 Å². The van der Waals surface area contributed by atoms with Gasteiger partial charge in [0, 0.05) is 0 Å². The minimum absolute atomic E-state index is 0.780. The lowest BCUT2D eigenvalue weighted by Gasteiger charge is -2.28. The van der Waals surface area contributed by atoms with Crippen molar-refractivity contribution >= 4 is 5.57 Å². The number of hydrogen-bond acceptors (Lipinski definition) is 0. The number of rotatable bonds is 11. The van der Waals surface area contributed by atoms with Crippen molar-refractivity contribution in [2.45, 2.75) is 116 Å². The molecule has 1 atom stereocenters. The van der Waals surface area contributed by atoms with Crippen LogP contribution in [0.3, 0.4) is 0 Å². The lowest BCUT2D eigenvalue weighted by atomic mass is 9.77. The molecule has 0 saturated heterocycles. The molecule has 2 aliphatic rings. The minimum atomic E-state index is 0.780. The van der Waals surface area contributed by atoms with Crippen LogP contribution in [0.25, 0.3) is 16.7 Å². The molecule has 4 rings (SSSR count). The second kappa shape index (κ2) is 13.3. The molecule has 0 radical (unpaired) electrons. The van der Waals surface area contributed by atoms with Crippen LogP contribution in [0.2, 0.25) is 0 Å². The van der Waals surface area contributed by atoms with Gasteiger partial charge in [-0.15, -0.1) is 0 Å². The van der Waals surface area contributed by atoms with Gasteiger partial charge in [0.2, 0.25) is 0 Å². The molecule has 0 heteroatoms. The normalized spacial score (nSPS) is 23.0. The topological polar surface area (TPSA) is 0 Å². The van der Waals surface area contributed by atoms with E-state index >= 15 is 0 Å². The van der Waals surface area contributed by atoms with Crippen molar-refractivity contribution in [1.29, 1.82) is 0 Å². The molecule has 1 unspecified atom stereocenters. The summed E-state index contributed by atoms with van der Waals surface area (Å²) < 4.78 is 0. The highest BCUT2D eigenvalue weighted by molar-refractivity contribution is 5.71. The number of unbranched alkanes of at least 4 members (excludes halogenated alkanes) is 5. The van der Waals surface area contributed by atoms with Crippen LogP contribution < -0.4 is 0 Å². The Labute approximate surface area is 210 Å². The first-order valence-corrected chi connectivity index (χ1v) is 14.7. The maximum absolute atomic E-state index is 2.54. The Bertz CT molecular complexity index is 861. The quantitative estimate of drug-likeness (QED) is 0.295. The molecule has 184 valence electrons. The van der Waals surface area contributed by atoms with Gasteiger partial charge in [0.15, 0.2) is 0 Å². The van der Waals surface area contributed by atoms with Crippen LogP contribution in [0.5, 0.6) is 0 Å². The molecular weight excluding hydrogens is 408 g/mol. The minimum Gasteiger partial charge on any atom is -0.0804 e. The summed E-state index contributed by atoms with van der Waals surface area (Å²) in [5.74, 6) is 2.67. The molecule has 0 N–H and O–H groups in total. The predicted molar refractivity (Wildman–Crippen MR) is 150 cm³/mol. The Kier molecular flexibility index (Phi) is 9.90. The van der Waals surface area contributed by atoms with Gasteiger partial charge < -0.3 is 0 Å². The highest BCUT2D eigenvalue weighted by Gasteiger charge is 2.21. The van der Waals surface area contributed by atoms with E-state index in [0.29, 0.717) is 0 Å². The molecule has 1 saturated carbocycles. The molecule has 0 amide bonds. The molecule has 2 aromatic rings. The Morgan fingerprint density at radius 3 is 1.85 bits per heavy atom. The second-order valence-electron chi connectivity index (χ2n) is 11.3. The van der Waals surface area contributed by atoms with Gasteiger partial charge in [0.25, 0.3) is 0 Å². The van der Waals surface area contributed by atoms with E-state index in [1.807, 2.05) is 0 Å². The molecule has 1 fully saturated rings. The largest absolute Gasteiger partial charge is 0.0804 e. The molecule has 2 aromatic carbocycles. The Balaban J connectivity index is 1.26. The lowest BCUT2D eigenvalue weighted by molar-refractivity contribution is 0.319. The third-order valence-corrected chi connectivity index (χ3v) is 8.88. The maximum atomic E-state index is 2.54. The van der Waals surface area contributed by atoms with Crippen LogP contribution in [0.4, 0.5) is 0 Å². The molecular formula is C34H48. The first-order chi connectivity index (χ1) is 16.8. The molecule has 0 nitrogen and oxygen atoms in total. The van der Waals surface area contributed by atoms with E-state index in [4.69, 9.17) is 0 Å².